The maximum absolute atomic E-state index is 12.5. The SMILES string of the molecule is CCCOC(=O)C1SCC(C(F)(F)F)C1=NO. The summed E-state index contributed by atoms with van der Waals surface area (Å²) >= 11 is 0.783. The van der Waals surface area contributed by atoms with E-state index in [-0.39, 0.29) is 12.4 Å². The number of ether oxygens (including phenoxy) is 1. The van der Waals surface area contributed by atoms with Gasteiger partial charge in [0.25, 0.3) is 0 Å². The first-order valence-corrected chi connectivity index (χ1v) is 6.03. The van der Waals surface area contributed by atoms with Crippen LogP contribution < -0.4 is 0 Å². The molecule has 8 heteroatoms. The minimum Gasteiger partial charge on any atom is -0.465 e. The third-order valence-corrected chi connectivity index (χ3v) is 3.52. The fourth-order valence-electron chi connectivity index (χ4n) is 1.40. The molecule has 98 valence electrons. The molecule has 1 rings (SSSR count). The van der Waals surface area contributed by atoms with Gasteiger partial charge in [0.05, 0.1) is 12.3 Å². The van der Waals surface area contributed by atoms with Gasteiger partial charge in [0.15, 0.2) is 0 Å². The van der Waals surface area contributed by atoms with Gasteiger partial charge >= 0.3 is 12.1 Å². The summed E-state index contributed by atoms with van der Waals surface area (Å²) in [5, 5.41) is 10.1. The molecule has 0 radical (unpaired) electrons. The second kappa shape index (κ2) is 5.61. The molecule has 0 aliphatic carbocycles. The van der Waals surface area contributed by atoms with E-state index >= 15 is 0 Å². The number of nitrogens with zero attached hydrogens (tertiary/aromatic N) is 1. The number of rotatable bonds is 3. The van der Waals surface area contributed by atoms with Gasteiger partial charge in [-0.1, -0.05) is 12.1 Å². The molecule has 1 saturated heterocycles. The van der Waals surface area contributed by atoms with Crippen LogP contribution in [-0.4, -0.2) is 40.7 Å². The van der Waals surface area contributed by atoms with Crippen molar-refractivity contribution in [2.75, 3.05) is 12.4 Å². The number of hydrogen-bond donors (Lipinski definition) is 1. The molecular weight excluding hydrogens is 259 g/mol. The molecule has 0 aromatic rings. The third-order valence-electron chi connectivity index (χ3n) is 2.23. The van der Waals surface area contributed by atoms with Gasteiger partial charge in [0.1, 0.15) is 11.2 Å². The molecule has 0 amide bonds. The second-order valence-corrected chi connectivity index (χ2v) is 4.64. The topological polar surface area (TPSA) is 58.9 Å². The lowest BCUT2D eigenvalue weighted by atomic mass is 10.0. The Hall–Kier alpha value is -0.920. The summed E-state index contributed by atoms with van der Waals surface area (Å²) in [6, 6.07) is 0. The highest BCUT2D eigenvalue weighted by molar-refractivity contribution is 8.01. The molecule has 1 heterocycles. The van der Waals surface area contributed by atoms with Crippen LogP contribution in [0, 0.1) is 5.92 Å². The van der Waals surface area contributed by atoms with Crippen LogP contribution in [0.1, 0.15) is 13.3 Å². The van der Waals surface area contributed by atoms with Crippen molar-refractivity contribution in [1.82, 2.24) is 0 Å². The second-order valence-electron chi connectivity index (χ2n) is 3.50. The monoisotopic (exact) mass is 271 g/mol. The average molecular weight is 271 g/mol. The van der Waals surface area contributed by atoms with E-state index < -0.39 is 29.0 Å². The number of oxime groups is 1. The van der Waals surface area contributed by atoms with Crippen LogP contribution in [0.5, 0.6) is 0 Å². The van der Waals surface area contributed by atoms with Crippen molar-refractivity contribution < 1.29 is 27.9 Å². The summed E-state index contributed by atoms with van der Waals surface area (Å²) in [6.07, 6.45) is -3.92. The van der Waals surface area contributed by atoms with Crippen molar-refractivity contribution in [2.45, 2.75) is 24.8 Å². The molecule has 0 spiro atoms. The Bertz CT molecular complexity index is 319. The highest BCUT2D eigenvalue weighted by Gasteiger charge is 2.52. The number of carbonyl (C=O) groups excluding carboxylic acids is 1. The number of esters is 1. The van der Waals surface area contributed by atoms with Crippen LogP contribution >= 0.6 is 11.8 Å². The van der Waals surface area contributed by atoms with E-state index in [2.05, 4.69) is 5.16 Å². The van der Waals surface area contributed by atoms with Crippen LogP contribution in [0.2, 0.25) is 0 Å². The molecule has 0 bridgehead atoms. The molecule has 0 aromatic heterocycles. The van der Waals surface area contributed by atoms with Gasteiger partial charge in [-0.05, 0) is 6.42 Å². The molecule has 17 heavy (non-hydrogen) atoms. The molecule has 1 fully saturated rings. The zero-order chi connectivity index (χ0) is 13.1. The van der Waals surface area contributed by atoms with Gasteiger partial charge in [0.2, 0.25) is 0 Å². The maximum Gasteiger partial charge on any atom is 0.397 e. The third kappa shape index (κ3) is 3.27. The molecule has 1 N–H and O–H groups in total. The normalized spacial score (nSPS) is 27.4. The summed E-state index contributed by atoms with van der Waals surface area (Å²) in [5.74, 6) is -2.98. The Kier molecular flexibility index (Phi) is 4.67. The van der Waals surface area contributed by atoms with Gasteiger partial charge in [-0.15, -0.1) is 11.8 Å². The van der Waals surface area contributed by atoms with E-state index in [4.69, 9.17) is 9.94 Å². The number of halogens is 3. The fourth-order valence-corrected chi connectivity index (χ4v) is 2.73. The lowest BCUT2D eigenvalue weighted by molar-refractivity contribution is -0.150. The lowest BCUT2D eigenvalue weighted by Gasteiger charge is -2.15. The first-order chi connectivity index (χ1) is 7.91. The van der Waals surface area contributed by atoms with E-state index in [1.54, 1.807) is 6.92 Å². The molecule has 2 atom stereocenters. The van der Waals surface area contributed by atoms with Crippen LogP contribution in [0.25, 0.3) is 0 Å². The average Bonchev–Trinajstić information content (AvgIpc) is 2.68. The van der Waals surface area contributed by atoms with Gasteiger partial charge in [-0.3, -0.25) is 4.79 Å². The molecule has 2 unspecified atom stereocenters. The lowest BCUT2D eigenvalue weighted by Crippen LogP contribution is -2.35. The predicted octanol–water partition coefficient (Wildman–Crippen LogP) is 2.06. The van der Waals surface area contributed by atoms with Crippen LogP contribution in [0.4, 0.5) is 13.2 Å². The largest absolute Gasteiger partial charge is 0.465 e. The zero-order valence-electron chi connectivity index (χ0n) is 9.03. The van der Waals surface area contributed by atoms with E-state index in [0.29, 0.717) is 6.42 Å². The predicted molar refractivity (Wildman–Crippen MR) is 56.3 cm³/mol. The highest BCUT2D eigenvalue weighted by atomic mass is 32.2. The van der Waals surface area contributed by atoms with E-state index in [0.717, 1.165) is 11.8 Å². The minimum absolute atomic E-state index is 0.144. The van der Waals surface area contributed by atoms with E-state index in [1.165, 1.54) is 0 Å². The Morgan fingerprint density at radius 3 is 2.76 bits per heavy atom. The number of hydrogen-bond acceptors (Lipinski definition) is 5. The van der Waals surface area contributed by atoms with Crippen molar-refractivity contribution in [3.63, 3.8) is 0 Å². The Labute approximate surface area is 100 Å². The fraction of sp³-hybridized carbons (Fsp3) is 0.778. The Morgan fingerprint density at radius 1 is 1.65 bits per heavy atom. The molecule has 4 nitrogen and oxygen atoms in total. The van der Waals surface area contributed by atoms with Gasteiger partial charge in [-0.25, -0.2) is 0 Å². The van der Waals surface area contributed by atoms with Gasteiger partial charge in [-0.2, -0.15) is 13.2 Å². The zero-order valence-corrected chi connectivity index (χ0v) is 9.85. The highest BCUT2D eigenvalue weighted by Crippen LogP contribution is 2.39. The van der Waals surface area contributed by atoms with Crippen molar-refractivity contribution >= 4 is 23.4 Å². The molecule has 1 aliphatic heterocycles. The van der Waals surface area contributed by atoms with Crippen molar-refractivity contribution in [2.24, 2.45) is 11.1 Å². The van der Waals surface area contributed by atoms with Crippen LogP contribution in [0.15, 0.2) is 5.16 Å². The van der Waals surface area contributed by atoms with Crippen molar-refractivity contribution in [3.05, 3.63) is 0 Å². The number of carbonyl (C=O) groups is 1. The van der Waals surface area contributed by atoms with Crippen LogP contribution in [-0.2, 0) is 9.53 Å². The van der Waals surface area contributed by atoms with Crippen molar-refractivity contribution in [3.8, 4) is 0 Å². The first-order valence-electron chi connectivity index (χ1n) is 4.98. The number of thioether (sulfide) groups is 1. The molecule has 0 saturated carbocycles. The molecular formula is C9H12F3NO3S. The Balaban J connectivity index is 2.75. The summed E-state index contributed by atoms with van der Waals surface area (Å²) in [7, 11) is 0. The van der Waals surface area contributed by atoms with Gasteiger partial charge in [0, 0.05) is 5.75 Å². The molecule has 1 aliphatic rings. The minimum atomic E-state index is -4.51. The summed E-state index contributed by atoms with van der Waals surface area (Å²) in [5.41, 5.74) is -0.566. The number of alkyl halides is 3. The molecule has 0 aromatic carbocycles. The van der Waals surface area contributed by atoms with E-state index in [9.17, 15) is 18.0 Å². The summed E-state index contributed by atoms with van der Waals surface area (Å²) < 4.78 is 42.3. The standard InChI is InChI=1S/C9H12F3NO3S/c1-2-3-16-8(14)7-6(13-15)5(4-17-7)9(10,11)12/h5,7,15H,2-4H2,1H3. The first kappa shape index (κ1) is 14.1. The maximum atomic E-state index is 12.5. The Morgan fingerprint density at radius 2 is 2.29 bits per heavy atom. The van der Waals surface area contributed by atoms with E-state index in [1.807, 2.05) is 0 Å². The quantitative estimate of drug-likeness (QED) is 0.485. The smallest absolute Gasteiger partial charge is 0.397 e. The van der Waals surface area contributed by atoms with Crippen molar-refractivity contribution in [1.29, 1.82) is 0 Å². The van der Waals surface area contributed by atoms with Crippen LogP contribution in [0.3, 0.4) is 0 Å². The van der Waals surface area contributed by atoms with Gasteiger partial charge < -0.3 is 9.94 Å². The summed E-state index contributed by atoms with van der Waals surface area (Å²) in [6.45, 7) is 1.92. The summed E-state index contributed by atoms with van der Waals surface area (Å²) in [4.78, 5) is 11.4.